The number of nitrogens with two attached hydrogens (primary N) is 1. The molecule has 4 heteroatoms. The van der Waals surface area contributed by atoms with Gasteiger partial charge in [-0.1, -0.05) is 13.3 Å². The van der Waals surface area contributed by atoms with Crippen LogP contribution in [0.2, 0.25) is 0 Å². The Kier molecular flexibility index (Phi) is 8.13. The molecule has 0 spiro atoms. The first kappa shape index (κ1) is 17.8. The fourth-order valence-electron chi connectivity index (χ4n) is 2.38. The third-order valence-corrected chi connectivity index (χ3v) is 3.39. The monoisotopic (exact) mass is 297 g/mol. The molecule has 0 bridgehead atoms. The van der Waals surface area contributed by atoms with E-state index in [2.05, 4.69) is 6.92 Å². The molecule has 0 amide bonds. The van der Waals surface area contributed by atoms with Crippen molar-refractivity contribution in [1.82, 2.24) is 0 Å². The molecule has 0 aliphatic carbocycles. The van der Waals surface area contributed by atoms with Gasteiger partial charge in [-0.25, -0.2) is 4.39 Å². The summed E-state index contributed by atoms with van der Waals surface area (Å²) < 4.78 is 25.0. The molecule has 0 fully saturated rings. The van der Waals surface area contributed by atoms with Crippen LogP contribution in [0.4, 0.5) is 4.39 Å². The van der Waals surface area contributed by atoms with E-state index in [1.807, 2.05) is 13.8 Å². The van der Waals surface area contributed by atoms with Crippen molar-refractivity contribution in [3.63, 3.8) is 0 Å². The van der Waals surface area contributed by atoms with Crippen molar-refractivity contribution in [2.24, 2.45) is 5.73 Å². The second-order valence-corrected chi connectivity index (χ2v) is 5.20. The molecule has 0 saturated heterocycles. The van der Waals surface area contributed by atoms with E-state index in [9.17, 15) is 4.39 Å². The fourth-order valence-corrected chi connectivity index (χ4v) is 2.38. The molecule has 0 aliphatic rings. The predicted octanol–water partition coefficient (Wildman–Crippen LogP) is 4.07. The van der Waals surface area contributed by atoms with Gasteiger partial charge < -0.3 is 15.2 Å². The zero-order valence-electron chi connectivity index (χ0n) is 13.5. The number of halogens is 1. The molecule has 0 saturated carbocycles. The van der Waals surface area contributed by atoms with Crippen LogP contribution < -0.4 is 15.2 Å². The molecular weight excluding hydrogens is 269 g/mol. The van der Waals surface area contributed by atoms with Crippen molar-refractivity contribution in [2.75, 3.05) is 13.2 Å². The molecule has 1 rings (SSSR count). The lowest BCUT2D eigenvalue weighted by atomic mass is 10.0. The highest BCUT2D eigenvalue weighted by Crippen LogP contribution is 2.31. The molecule has 3 nitrogen and oxygen atoms in total. The summed E-state index contributed by atoms with van der Waals surface area (Å²) in [6, 6.07) is 3.40. The first-order chi connectivity index (χ1) is 10.1. The standard InChI is InChI=1S/C17H28FNO2/c1-4-8-14(19)10-7-9-13-11-16(20-5-2)17(21-6-3)12-15(13)18/h11-12,14H,4-10,19H2,1-3H3. The van der Waals surface area contributed by atoms with Gasteiger partial charge in [0.25, 0.3) is 0 Å². The van der Waals surface area contributed by atoms with Crippen molar-refractivity contribution in [3.8, 4) is 11.5 Å². The Morgan fingerprint density at radius 3 is 2.24 bits per heavy atom. The number of benzene rings is 1. The third-order valence-electron chi connectivity index (χ3n) is 3.39. The molecule has 120 valence electrons. The van der Waals surface area contributed by atoms with E-state index in [1.54, 1.807) is 6.07 Å². The van der Waals surface area contributed by atoms with E-state index in [4.69, 9.17) is 15.2 Å². The summed E-state index contributed by atoms with van der Waals surface area (Å²) in [5.41, 5.74) is 6.66. The summed E-state index contributed by atoms with van der Waals surface area (Å²) in [5, 5.41) is 0. The number of rotatable bonds is 10. The molecule has 1 unspecified atom stereocenters. The van der Waals surface area contributed by atoms with E-state index in [-0.39, 0.29) is 11.9 Å². The lowest BCUT2D eigenvalue weighted by molar-refractivity contribution is 0.285. The van der Waals surface area contributed by atoms with Gasteiger partial charge in [0.15, 0.2) is 11.5 Å². The van der Waals surface area contributed by atoms with E-state index < -0.39 is 0 Å². The maximum Gasteiger partial charge on any atom is 0.164 e. The molecule has 21 heavy (non-hydrogen) atoms. The van der Waals surface area contributed by atoms with E-state index in [0.717, 1.165) is 25.7 Å². The van der Waals surface area contributed by atoms with Crippen LogP contribution >= 0.6 is 0 Å². The van der Waals surface area contributed by atoms with Gasteiger partial charge in [0, 0.05) is 12.1 Å². The van der Waals surface area contributed by atoms with Gasteiger partial charge in [0.2, 0.25) is 0 Å². The van der Waals surface area contributed by atoms with Crippen LogP contribution in [-0.4, -0.2) is 19.3 Å². The lowest BCUT2D eigenvalue weighted by Crippen LogP contribution is -2.19. The van der Waals surface area contributed by atoms with Crippen LogP contribution in [0.25, 0.3) is 0 Å². The molecule has 1 aromatic rings. The molecule has 0 aromatic heterocycles. The Morgan fingerprint density at radius 1 is 1.05 bits per heavy atom. The van der Waals surface area contributed by atoms with Gasteiger partial charge in [-0.2, -0.15) is 0 Å². The molecule has 1 atom stereocenters. The highest BCUT2D eigenvalue weighted by molar-refractivity contribution is 5.44. The Labute approximate surface area is 127 Å². The Hall–Kier alpha value is -1.29. The lowest BCUT2D eigenvalue weighted by Gasteiger charge is -2.14. The van der Waals surface area contributed by atoms with E-state index in [0.29, 0.717) is 36.7 Å². The van der Waals surface area contributed by atoms with Gasteiger partial charge in [0.1, 0.15) is 5.82 Å². The van der Waals surface area contributed by atoms with Crippen LogP contribution in [0.3, 0.4) is 0 Å². The summed E-state index contributed by atoms with van der Waals surface area (Å²) in [4.78, 5) is 0. The van der Waals surface area contributed by atoms with Crippen molar-refractivity contribution in [2.45, 2.75) is 58.9 Å². The largest absolute Gasteiger partial charge is 0.490 e. The minimum Gasteiger partial charge on any atom is -0.490 e. The smallest absolute Gasteiger partial charge is 0.164 e. The van der Waals surface area contributed by atoms with Crippen LogP contribution in [-0.2, 0) is 6.42 Å². The fraction of sp³-hybridized carbons (Fsp3) is 0.647. The zero-order valence-corrected chi connectivity index (χ0v) is 13.5. The quantitative estimate of drug-likeness (QED) is 0.708. The number of hydrogen-bond acceptors (Lipinski definition) is 3. The Balaban J connectivity index is 2.70. The highest BCUT2D eigenvalue weighted by atomic mass is 19.1. The van der Waals surface area contributed by atoms with Gasteiger partial charge in [-0.3, -0.25) is 0 Å². The summed E-state index contributed by atoms with van der Waals surface area (Å²) in [6.45, 7) is 6.93. The van der Waals surface area contributed by atoms with Crippen molar-refractivity contribution in [1.29, 1.82) is 0 Å². The van der Waals surface area contributed by atoms with Gasteiger partial charge >= 0.3 is 0 Å². The second kappa shape index (κ2) is 9.61. The molecule has 1 aromatic carbocycles. The topological polar surface area (TPSA) is 44.5 Å². The van der Waals surface area contributed by atoms with Crippen LogP contribution in [0.5, 0.6) is 11.5 Å². The minimum absolute atomic E-state index is 0.215. The zero-order chi connectivity index (χ0) is 15.7. The van der Waals surface area contributed by atoms with E-state index in [1.165, 1.54) is 6.07 Å². The van der Waals surface area contributed by atoms with Crippen LogP contribution in [0.1, 0.15) is 52.0 Å². The average Bonchev–Trinajstić information content (AvgIpc) is 2.44. The number of aryl methyl sites for hydroxylation is 1. The maximum absolute atomic E-state index is 14.1. The second-order valence-electron chi connectivity index (χ2n) is 5.20. The Morgan fingerprint density at radius 2 is 1.67 bits per heavy atom. The molecule has 0 aliphatic heterocycles. The predicted molar refractivity (Wildman–Crippen MR) is 84.6 cm³/mol. The van der Waals surface area contributed by atoms with Gasteiger partial charge in [-0.15, -0.1) is 0 Å². The van der Waals surface area contributed by atoms with Gasteiger partial charge in [0.05, 0.1) is 13.2 Å². The van der Waals surface area contributed by atoms with Crippen molar-refractivity contribution in [3.05, 3.63) is 23.5 Å². The third kappa shape index (κ3) is 5.92. The summed E-state index contributed by atoms with van der Waals surface area (Å²) in [6.07, 6.45) is 4.60. The Bertz CT molecular complexity index is 423. The highest BCUT2D eigenvalue weighted by Gasteiger charge is 2.12. The molecule has 2 N–H and O–H groups in total. The molecular formula is C17H28FNO2. The summed E-state index contributed by atoms with van der Waals surface area (Å²) >= 11 is 0. The SMILES string of the molecule is CCCC(N)CCCc1cc(OCC)c(OCC)cc1F. The first-order valence-corrected chi connectivity index (χ1v) is 7.95. The first-order valence-electron chi connectivity index (χ1n) is 7.95. The van der Waals surface area contributed by atoms with Crippen LogP contribution in [0.15, 0.2) is 12.1 Å². The molecule has 0 radical (unpaired) electrons. The summed E-state index contributed by atoms with van der Waals surface area (Å²) in [7, 11) is 0. The van der Waals surface area contributed by atoms with Crippen molar-refractivity contribution >= 4 is 0 Å². The number of ether oxygens (including phenoxy) is 2. The number of hydrogen-bond donors (Lipinski definition) is 1. The molecule has 0 heterocycles. The minimum atomic E-state index is -0.231. The van der Waals surface area contributed by atoms with E-state index >= 15 is 0 Å². The normalized spacial score (nSPS) is 12.2. The average molecular weight is 297 g/mol. The van der Waals surface area contributed by atoms with Crippen LogP contribution in [0, 0.1) is 5.82 Å². The maximum atomic E-state index is 14.1. The summed E-state index contributed by atoms with van der Waals surface area (Å²) in [5.74, 6) is 0.864. The van der Waals surface area contributed by atoms with Crippen molar-refractivity contribution < 1.29 is 13.9 Å². The van der Waals surface area contributed by atoms with Gasteiger partial charge in [-0.05, 0) is 51.2 Å².